The Balaban J connectivity index is 2.07. The normalized spacial score (nSPS) is 12.0. The number of hydrogen-bond donors (Lipinski definition) is 2. The third-order valence-electron chi connectivity index (χ3n) is 3.34. The lowest BCUT2D eigenvalue weighted by Gasteiger charge is -2.23. The van der Waals surface area contributed by atoms with Gasteiger partial charge >= 0.3 is 0 Å². The molecule has 4 heteroatoms. The SMILES string of the molecule is CC(C)C[C@@H](NC(=S)Nc1ccccc1Cl)c1ccccc1. The molecule has 0 aliphatic carbocycles. The zero-order valence-corrected chi connectivity index (χ0v) is 14.4. The quantitative estimate of drug-likeness (QED) is 0.715. The van der Waals surface area contributed by atoms with Gasteiger partial charge in [0.2, 0.25) is 0 Å². The van der Waals surface area contributed by atoms with Crippen molar-refractivity contribution in [2.24, 2.45) is 5.92 Å². The number of benzene rings is 2. The molecule has 2 nitrogen and oxygen atoms in total. The van der Waals surface area contributed by atoms with E-state index >= 15 is 0 Å². The van der Waals surface area contributed by atoms with Gasteiger partial charge < -0.3 is 10.6 Å². The molecular weight excluding hydrogens is 312 g/mol. The van der Waals surface area contributed by atoms with Crippen molar-refractivity contribution in [1.82, 2.24) is 5.32 Å². The summed E-state index contributed by atoms with van der Waals surface area (Å²) >= 11 is 11.6. The highest BCUT2D eigenvalue weighted by Crippen LogP contribution is 2.23. The second-order valence-corrected chi connectivity index (χ2v) is 6.49. The number of rotatable bonds is 5. The smallest absolute Gasteiger partial charge is 0.171 e. The van der Waals surface area contributed by atoms with Gasteiger partial charge in [-0.05, 0) is 42.3 Å². The molecule has 0 aliphatic heterocycles. The van der Waals surface area contributed by atoms with Gasteiger partial charge in [0, 0.05) is 0 Å². The Kier molecular flexibility index (Phi) is 6.22. The fourth-order valence-electron chi connectivity index (χ4n) is 2.31. The number of halogens is 1. The average Bonchev–Trinajstić information content (AvgIpc) is 2.49. The summed E-state index contributed by atoms with van der Waals surface area (Å²) < 4.78 is 0. The molecule has 0 spiro atoms. The molecule has 0 aromatic heterocycles. The second-order valence-electron chi connectivity index (χ2n) is 5.67. The second kappa shape index (κ2) is 8.16. The van der Waals surface area contributed by atoms with Gasteiger partial charge in [-0.2, -0.15) is 0 Å². The molecule has 2 rings (SSSR count). The molecule has 0 amide bonds. The van der Waals surface area contributed by atoms with Crippen LogP contribution in [0, 0.1) is 5.92 Å². The van der Waals surface area contributed by atoms with Gasteiger partial charge in [-0.3, -0.25) is 0 Å². The molecule has 116 valence electrons. The van der Waals surface area contributed by atoms with E-state index in [2.05, 4.69) is 48.7 Å². The van der Waals surface area contributed by atoms with Crippen molar-refractivity contribution in [3.63, 3.8) is 0 Å². The molecule has 0 fully saturated rings. The molecule has 0 radical (unpaired) electrons. The topological polar surface area (TPSA) is 24.1 Å². The van der Waals surface area contributed by atoms with Crippen molar-refractivity contribution < 1.29 is 0 Å². The van der Waals surface area contributed by atoms with Crippen molar-refractivity contribution in [2.75, 3.05) is 5.32 Å². The summed E-state index contributed by atoms with van der Waals surface area (Å²) in [5.74, 6) is 0.570. The van der Waals surface area contributed by atoms with Crippen molar-refractivity contribution >= 4 is 34.6 Å². The van der Waals surface area contributed by atoms with Gasteiger partial charge in [-0.1, -0.05) is 67.9 Å². The molecule has 2 aromatic rings. The van der Waals surface area contributed by atoms with Crippen molar-refractivity contribution in [1.29, 1.82) is 0 Å². The molecule has 22 heavy (non-hydrogen) atoms. The van der Waals surface area contributed by atoms with Gasteiger partial charge in [-0.15, -0.1) is 0 Å². The molecule has 0 aliphatic rings. The molecule has 0 heterocycles. The fraction of sp³-hybridized carbons (Fsp3) is 0.278. The van der Waals surface area contributed by atoms with Gasteiger partial charge in [0.05, 0.1) is 16.8 Å². The van der Waals surface area contributed by atoms with Crippen LogP contribution in [0.15, 0.2) is 54.6 Å². The minimum atomic E-state index is 0.184. The fourth-order valence-corrected chi connectivity index (χ4v) is 2.75. The summed E-state index contributed by atoms with van der Waals surface area (Å²) in [6, 6.07) is 18.1. The van der Waals surface area contributed by atoms with E-state index in [0.717, 1.165) is 12.1 Å². The van der Waals surface area contributed by atoms with E-state index in [9.17, 15) is 0 Å². The first-order valence-electron chi connectivity index (χ1n) is 7.43. The number of thiocarbonyl (C=S) groups is 1. The van der Waals surface area contributed by atoms with Crippen LogP contribution < -0.4 is 10.6 Å². The summed E-state index contributed by atoms with van der Waals surface area (Å²) in [5, 5.41) is 7.82. The van der Waals surface area contributed by atoms with Gasteiger partial charge in [0.1, 0.15) is 0 Å². The Morgan fingerprint density at radius 2 is 1.68 bits per heavy atom. The standard InChI is InChI=1S/C18H21ClN2S/c1-13(2)12-17(14-8-4-3-5-9-14)21-18(22)20-16-11-7-6-10-15(16)19/h3-11,13,17H,12H2,1-2H3,(H2,20,21,22)/t17-/m1/s1. The number of para-hydroxylation sites is 1. The lowest BCUT2D eigenvalue weighted by Crippen LogP contribution is -2.33. The van der Waals surface area contributed by atoms with Gasteiger partial charge in [0.15, 0.2) is 5.11 Å². The predicted molar refractivity (Wildman–Crippen MR) is 99.4 cm³/mol. The Morgan fingerprint density at radius 3 is 2.32 bits per heavy atom. The number of anilines is 1. The summed E-state index contributed by atoms with van der Waals surface area (Å²) in [4.78, 5) is 0. The Bertz CT molecular complexity index is 613. The molecule has 0 bridgehead atoms. The number of hydrogen-bond acceptors (Lipinski definition) is 1. The van der Waals surface area contributed by atoms with Crippen LogP contribution in [0.1, 0.15) is 31.9 Å². The molecule has 2 aromatic carbocycles. The molecule has 0 unspecified atom stereocenters. The van der Waals surface area contributed by atoms with E-state index in [0.29, 0.717) is 16.1 Å². The summed E-state index contributed by atoms with van der Waals surface area (Å²) in [6.07, 6.45) is 1.01. The summed E-state index contributed by atoms with van der Waals surface area (Å²) in [5.41, 5.74) is 2.05. The number of nitrogens with one attached hydrogen (secondary N) is 2. The van der Waals surface area contributed by atoms with E-state index in [-0.39, 0.29) is 6.04 Å². The maximum Gasteiger partial charge on any atom is 0.171 e. The molecular formula is C18H21ClN2S. The molecule has 1 atom stereocenters. The van der Waals surface area contributed by atoms with Crippen LogP contribution >= 0.6 is 23.8 Å². The van der Waals surface area contributed by atoms with Gasteiger partial charge in [-0.25, -0.2) is 0 Å². The van der Waals surface area contributed by atoms with E-state index in [4.69, 9.17) is 23.8 Å². The van der Waals surface area contributed by atoms with Crippen LogP contribution in [0.4, 0.5) is 5.69 Å². The van der Waals surface area contributed by atoms with E-state index in [1.54, 1.807) is 0 Å². The van der Waals surface area contributed by atoms with Crippen LogP contribution in [-0.4, -0.2) is 5.11 Å². The predicted octanol–water partition coefficient (Wildman–Crippen LogP) is 5.41. The highest BCUT2D eigenvalue weighted by Gasteiger charge is 2.14. The highest BCUT2D eigenvalue weighted by molar-refractivity contribution is 7.80. The van der Waals surface area contributed by atoms with Gasteiger partial charge in [0.25, 0.3) is 0 Å². The lowest BCUT2D eigenvalue weighted by atomic mass is 9.97. The Labute approximate surface area is 142 Å². The van der Waals surface area contributed by atoms with E-state index in [1.807, 2.05) is 30.3 Å². The van der Waals surface area contributed by atoms with E-state index < -0.39 is 0 Å². The van der Waals surface area contributed by atoms with Crippen molar-refractivity contribution in [2.45, 2.75) is 26.3 Å². The summed E-state index contributed by atoms with van der Waals surface area (Å²) in [7, 11) is 0. The monoisotopic (exact) mass is 332 g/mol. The van der Waals surface area contributed by atoms with Crippen molar-refractivity contribution in [3.05, 3.63) is 65.2 Å². The average molecular weight is 333 g/mol. The van der Waals surface area contributed by atoms with Crippen LogP contribution in [0.25, 0.3) is 0 Å². The Morgan fingerprint density at radius 1 is 1.05 bits per heavy atom. The zero-order valence-electron chi connectivity index (χ0n) is 12.8. The van der Waals surface area contributed by atoms with Crippen LogP contribution in [0.5, 0.6) is 0 Å². The Hall–Kier alpha value is -1.58. The molecule has 0 saturated carbocycles. The summed E-state index contributed by atoms with van der Waals surface area (Å²) in [6.45, 7) is 4.42. The zero-order chi connectivity index (χ0) is 15.9. The first-order chi connectivity index (χ1) is 10.6. The minimum Gasteiger partial charge on any atom is -0.356 e. The molecule has 0 saturated heterocycles. The maximum absolute atomic E-state index is 6.16. The van der Waals surface area contributed by atoms with Crippen LogP contribution in [-0.2, 0) is 0 Å². The third kappa shape index (κ3) is 5.00. The first kappa shape index (κ1) is 16.8. The highest BCUT2D eigenvalue weighted by atomic mass is 35.5. The largest absolute Gasteiger partial charge is 0.356 e. The van der Waals surface area contributed by atoms with E-state index in [1.165, 1.54) is 5.56 Å². The first-order valence-corrected chi connectivity index (χ1v) is 8.22. The van der Waals surface area contributed by atoms with Crippen LogP contribution in [0.2, 0.25) is 5.02 Å². The maximum atomic E-state index is 6.16. The molecule has 2 N–H and O–H groups in total. The minimum absolute atomic E-state index is 0.184. The van der Waals surface area contributed by atoms with Crippen LogP contribution in [0.3, 0.4) is 0 Å². The van der Waals surface area contributed by atoms with Crippen molar-refractivity contribution in [3.8, 4) is 0 Å². The third-order valence-corrected chi connectivity index (χ3v) is 3.89. The lowest BCUT2D eigenvalue weighted by molar-refractivity contribution is 0.481.